The number of pyridine rings is 1. The van der Waals surface area contributed by atoms with Crippen LogP contribution >= 0.6 is 11.6 Å². The molecule has 5 aromatic rings. The van der Waals surface area contributed by atoms with Crippen LogP contribution < -0.4 is 5.32 Å². The molecule has 0 aliphatic heterocycles. The highest BCUT2D eigenvalue weighted by atomic mass is 35.5. The molecule has 168 valence electrons. The summed E-state index contributed by atoms with van der Waals surface area (Å²) in [5, 5.41) is 14.9. The number of H-pyrrole nitrogens is 1. The molecule has 0 spiro atoms. The molecule has 2 N–H and O–H groups in total. The highest BCUT2D eigenvalue weighted by Gasteiger charge is 2.18. The molecule has 1 amide bonds. The van der Waals surface area contributed by atoms with Crippen molar-refractivity contribution in [1.29, 1.82) is 0 Å². The molecule has 34 heavy (non-hydrogen) atoms. The highest BCUT2D eigenvalue weighted by molar-refractivity contribution is 6.30. The first-order valence-electron chi connectivity index (χ1n) is 10.5. The summed E-state index contributed by atoms with van der Waals surface area (Å²) in [5.41, 5.74) is 4.07. The van der Waals surface area contributed by atoms with Gasteiger partial charge in [-0.15, -0.1) is 5.10 Å². The molecule has 0 aliphatic carbocycles. The number of nitrogens with one attached hydrogen (secondary N) is 2. The van der Waals surface area contributed by atoms with Gasteiger partial charge in [0.25, 0.3) is 0 Å². The smallest absolute Gasteiger partial charge is 0.244 e. The summed E-state index contributed by atoms with van der Waals surface area (Å²) >= 11 is 6.17. The fourth-order valence-corrected chi connectivity index (χ4v) is 3.81. The zero-order valence-electron chi connectivity index (χ0n) is 17.8. The minimum Gasteiger partial charge on any atom is -0.342 e. The van der Waals surface area contributed by atoms with E-state index in [9.17, 15) is 4.79 Å². The van der Waals surface area contributed by atoms with Crippen LogP contribution in [0.3, 0.4) is 0 Å². The van der Waals surface area contributed by atoms with Crippen LogP contribution in [0.4, 0.5) is 0 Å². The van der Waals surface area contributed by atoms with Gasteiger partial charge in [0.05, 0.1) is 23.4 Å². The predicted molar refractivity (Wildman–Crippen MR) is 128 cm³/mol. The molecule has 3 aromatic heterocycles. The lowest BCUT2D eigenvalue weighted by Crippen LogP contribution is -2.29. The van der Waals surface area contributed by atoms with Crippen LogP contribution in [0.1, 0.15) is 23.0 Å². The molecule has 0 fully saturated rings. The molecule has 0 saturated heterocycles. The van der Waals surface area contributed by atoms with Crippen LogP contribution in [0.2, 0.25) is 5.02 Å². The Morgan fingerprint density at radius 2 is 2.06 bits per heavy atom. The van der Waals surface area contributed by atoms with Gasteiger partial charge < -0.3 is 10.3 Å². The Labute approximate surface area is 199 Å². The van der Waals surface area contributed by atoms with Crippen LogP contribution in [-0.2, 0) is 11.2 Å². The minimum absolute atomic E-state index is 0.276. The van der Waals surface area contributed by atoms with E-state index in [1.165, 1.54) is 17.1 Å². The van der Waals surface area contributed by atoms with Gasteiger partial charge in [0.1, 0.15) is 17.7 Å². The monoisotopic (exact) mass is 470 g/mol. The van der Waals surface area contributed by atoms with Crippen molar-refractivity contribution in [3.05, 3.63) is 101 Å². The number of tetrazole rings is 1. The molecular formula is C24H19ClN8O. The Morgan fingerprint density at radius 1 is 1.18 bits per heavy atom. The zero-order chi connectivity index (χ0) is 23.3. The lowest BCUT2D eigenvalue weighted by molar-refractivity contribution is -0.117. The predicted octanol–water partition coefficient (Wildman–Crippen LogP) is 3.70. The van der Waals surface area contributed by atoms with E-state index in [4.69, 9.17) is 11.6 Å². The van der Waals surface area contributed by atoms with E-state index in [0.717, 1.165) is 16.6 Å². The second-order valence-electron chi connectivity index (χ2n) is 7.56. The molecule has 9 nitrogen and oxygen atoms in total. The summed E-state index contributed by atoms with van der Waals surface area (Å²) in [7, 11) is 0. The number of nitrogens with zero attached hydrogens (tertiary/aromatic N) is 6. The average Bonchev–Trinajstić information content (AvgIpc) is 3.53. The number of fused-ring (bicyclic) bond motifs is 1. The third kappa shape index (κ3) is 4.84. The summed E-state index contributed by atoms with van der Waals surface area (Å²) < 4.78 is 1.51. The molecule has 5 rings (SSSR count). The molecule has 0 saturated carbocycles. The van der Waals surface area contributed by atoms with Crippen molar-refractivity contribution in [1.82, 2.24) is 40.5 Å². The van der Waals surface area contributed by atoms with E-state index in [1.807, 2.05) is 36.4 Å². The number of aromatic amines is 1. The third-order valence-corrected chi connectivity index (χ3v) is 5.47. The largest absolute Gasteiger partial charge is 0.342 e. The number of imidazole rings is 1. The van der Waals surface area contributed by atoms with Gasteiger partial charge in [0, 0.05) is 22.9 Å². The lowest BCUT2D eigenvalue weighted by atomic mass is 10.1. The second-order valence-corrected chi connectivity index (χ2v) is 7.99. The number of aromatic nitrogens is 7. The summed E-state index contributed by atoms with van der Waals surface area (Å²) in [4.78, 5) is 25.0. The Hall–Kier alpha value is -4.37. The van der Waals surface area contributed by atoms with Crippen molar-refractivity contribution in [2.45, 2.75) is 12.5 Å². The fraction of sp³-hybridized carbons (Fsp3) is 0.0833. The Balaban J connectivity index is 1.41. The maximum atomic E-state index is 13.0. The van der Waals surface area contributed by atoms with E-state index in [2.05, 4.69) is 35.8 Å². The summed E-state index contributed by atoms with van der Waals surface area (Å²) in [5.74, 6) is 0.382. The molecule has 10 heteroatoms. The first kappa shape index (κ1) is 21.5. The fourth-order valence-electron chi connectivity index (χ4n) is 3.63. The van der Waals surface area contributed by atoms with Crippen molar-refractivity contribution in [2.75, 3.05) is 0 Å². The molecule has 3 heterocycles. The maximum Gasteiger partial charge on any atom is 0.244 e. The van der Waals surface area contributed by atoms with Gasteiger partial charge in [0.2, 0.25) is 5.91 Å². The maximum absolute atomic E-state index is 13.0. The quantitative estimate of drug-likeness (QED) is 0.350. The molecule has 2 aromatic carbocycles. The van der Waals surface area contributed by atoms with E-state index < -0.39 is 0 Å². The SMILES string of the molecule is O=C(/C=C/c1cc(Cl)ccc1-n1cnnn1)NC(Cc1ccccc1)c1nc2cnccc2[nH]1. The van der Waals surface area contributed by atoms with Crippen molar-refractivity contribution in [3.8, 4) is 5.69 Å². The number of rotatable bonds is 7. The summed E-state index contributed by atoms with van der Waals surface area (Å²) in [6, 6.07) is 16.7. The van der Waals surface area contributed by atoms with Crippen LogP contribution in [-0.4, -0.2) is 41.1 Å². The lowest BCUT2D eigenvalue weighted by Gasteiger charge is -2.16. The average molecular weight is 471 g/mol. The van der Waals surface area contributed by atoms with Gasteiger partial charge in [-0.3, -0.25) is 9.78 Å². The third-order valence-electron chi connectivity index (χ3n) is 5.23. The van der Waals surface area contributed by atoms with Crippen LogP contribution in [0.25, 0.3) is 22.8 Å². The number of amides is 1. The molecule has 1 unspecified atom stereocenters. The molecule has 0 radical (unpaired) electrons. The van der Waals surface area contributed by atoms with Gasteiger partial charge in [-0.25, -0.2) is 4.98 Å². The first-order chi connectivity index (χ1) is 16.7. The van der Waals surface area contributed by atoms with E-state index in [1.54, 1.807) is 36.7 Å². The topological polar surface area (TPSA) is 114 Å². The standard InChI is InChI=1S/C24H19ClN8O/c25-18-7-8-22(33-15-27-31-32-33)17(13-18)6-9-23(34)28-20(12-16-4-2-1-3-5-16)24-29-19-10-11-26-14-21(19)30-24/h1-11,13-15,20H,12H2,(H,28,34)(H,29,30)/b9-6+. The normalized spacial score (nSPS) is 12.3. The number of hydrogen-bond donors (Lipinski definition) is 2. The van der Waals surface area contributed by atoms with E-state index in [0.29, 0.717) is 28.5 Å². The van der Waals surface area contributed by atoms with Crippen molar-refractivity contribution in [2.24, 2.45) is 0 Å². The molecule has 1 atom stereocenters. The van der Waals surface area contributed by atoms with Crippen molar-refractivity contribution < 1.29 is 4.79 Å². The Kier molecular flexibility index (Phi) is 6.09. The number of carbonyl (C=O) groups excluding carboxylic acids is 1. The summed E-state index contributed by atoms with van der Waals surface area (Å²) in [6.45, 7) is 0. The van der Waals surface area contributed by atoms with Gasteiger partial charge in [0.15, 0.2) is 0 Å². The number of hydrogen-bond acceptors (Lipinski definition) is 6. The number of halogens is 1. The minimum atomic E-state index is -0.370. The second kappa shape index (κ2) is 9.63. The van der Waals surface area contributed by atoms with Gasteiger partial charge in [-0.1, -0.05) is 41.9 Å². The van der Waals surface area contributed by atoms with Crippen molar-refractivity contribution >= 4 is 34.6 Å². The molecular weight excluding hydrogens is 452 g/mol. The number of benzene rings is 2. The van der Waals surface area contributed by atoms with Crippen LogP contribution in [0, 0.1) is 0 Å². The van der Waals surface area contributed by atoms with Crippen LogP contribution in [0.5, 0.6) is 0 Å². The van der Waals surface area contributed by atoms with Gasteiger partial charge >= 0.3 is 0 Å². The zero-order valence-corrected chi connectivity index (χ0v) is 18.6. The first-order valence-corrected chi connectivity index (χ1v) is 10.9. The van der Waals surface area contributed by atoms with Gasteiger partial charge in [-0.2, -0.15) is 4.68 Å². The Bertz CT molecular complexity index is 1410. The molecule has 0 aliphatic rings. The number of carbonyl (C=O) groups is 1. The van der Waals surface area contributed by atoms with Crippen LogP contribution in [0.15, 0.2) is 79.4 Å². The molecule has 0 bridgehead atoms. The van der Waals surface area contributed by atoms with E-state index >= 15 is 0 Å². The summed E-state index contributed by atoms with van der Waals surface area (Å²) in [6.07, 6.45) is 8.58. The van der Waals surface area contributed by atoms with E-state index in [-0.39, 0.29) is 11.9 Å². The van der Waals surface area contributed by atoms with Crippen molar-refractivity contribution in [3.63, 3.8) is 0 Å². The van der Waals surface area contributed by atoms with Gasteiger partial charge in [-0.05, 0) is 52.8 Å². The highest BCUT2D eigenvalue weighted by Crippen LogP contribution is 2.22. The Morgan fingerprint density at radius 3 is 2.85 bits per heavy atom.